The molecule has 1 heterocycles. The molecule has 31 heavy (non-hydrogen) atoms. The number of sulfone groups is 1. The minimum Gasteiger partial charge on any atom is -0.369 e. The van der Waals surface area contributed by atoms with Crippen molar-refractivity contribution in [2.75, 3.05) is 19.3 Å². The van der Waals surface area contributed by atoms with Crippen LogP contribution in [0.4, 0.5) is 0 Å². The van der Waals surface area contributed by atoms with Gasteiger partial charge in [0.05, 0.1) is 16.3 Å². The fourth-order valence-corrected chi connectivity index (χ4v) is 5.45. The zero-order valence-corrected chi connectivity index (χ0v) is 19.0. The summed E-state index contributed by atoms with van der Waals surface area (Å²) in [6.45, 7) is 1.96. The number of hydrogen-bond acceptors (Lipinski definition) is 8. The third kappa shape index (κ3) is 6.11. The van der Waals surface area contributed by atoms with E-state index >= 15 is 0 Å². The van der Waals surface area contributed by atoms with Crippen molar-refractivity contribution in [3.63, 3.8) is 0 Å². The number of rotatable bonds is 8. The highest BCUT2D eigenvalue weighted by Gasteiger charge is 2.39. The molecule has 0 bridgehead atoms. The lowest BCUT2D eigenvalue weighted by molar-refractivity contribution is -0.134. The molecule has 12 heteroatoms. The van der Waals surface area contributed by atoms with Crippen LogP contribution in [-0.2, 0) is 34.2 Å². The SMILES string of the molecule is CC(CCC(=O)N([C@H]1CCCNCC1=O)S(=O)(=O)c1ccc(S(C)(=O)=O)cc1)C(N)=O. The van der Waals surface area contributed by atoms with Crippen LogP contribution in [0.3, 0.4) is 0 Å². The molecule has 0 spiro atoms. The van der Waals surface area contributed by atoms with Crippen LogP contribution in [0.1, 0.15) is 32.6 Å². The van der Waals surface area contributed by atoms with E-state index in [1.165, 1.54) is 6.92 Å². The molecule has 1 unspecified atom stereocenters. The van der Waals surface area contributed by atoms with Gasteiger partial charge in [0, 0.05) is 18.6 Å². The number of carbonyl (C=O) groups is 3. The second-order valence-corrected chi connectivity index (χ2v) is 11.4. The normalized spacial score (nSPS) is 18.8. The molecule has 1 aliphatic rings. The molecule has 2 amide bonds. The standard InChI is InChI=1S/C19H27N3O7S2/c1-13(19(20)25)5-10-18(24)22(16-4-3-11-21-12-17(16)23)31(28,29)15-8-6-14(7-9-15)30(2,26)27/h6-9,13,16,21H,3-5,10-12H2,1-2H3,(H2,20,25)/t13?,16-/m0/s1. The maximum Gasteiger partial charge on any atom is 0.267 e. The fourth-order valence-electron chi connectivity index (χ4n) is 3.20. The number of nitrogens with one attached hydrogen (secondary N) is 1. The van der Waals surface area contributed by atoms with E-state index in [2.05, 4.69) is 5.32 Å². The number of sulfonamides is 1. The summed E-state index contributed by atoms with van der Waals surface area (Å²) in [5.41, 5.74) is 5.22. The van der Waals surface area contributed by atoms with E-state index in [1.807, 2.05) is 0 Å². The molecule has 0 aliphatic carbocycles. The van der Waals surface area contributed by atoms with Crippen molar-refractivity contribution in [2.45, 2.75) is 48.4 Å². The summed E-state index contributed by atoms with van der Waals surface area (Å²) in [5.74, 6) is -2.52. The van der Waals surface area contributed by atoms with E-state index < -0.39 is 49.4 Å². The van der Waals surface area contributed by atoms with E-state index in [4.69, 9.17) is 5.73 Å². The van der Waals surface area contributed by atoms with E-state index in [9.17, 15) is 31.2 Å². The zero-order valence-electron chi connectivity index (χ0n) is 17.4. The molecule has 2 atom stereocenters. The van der Waals surface area contributed by atoms with Gasteiger partial charge in [-0.3, -0.25) is 14.4 Å². The first kappa shape index (κ1) is 25.0. The lowest BCUT2D eigenvalue weighted by Crippen LogP contribution is -2.49. The van der Waals surface area contributed by atoms with Crippen molar-refractivity contribution in [3.05, 3.63) is 24.3 Å². The first-order valence-corrected chi connectivity index (χ1v) is 13.1. The highest BCUT2D eigenvalue weighted by atomic mass is 32.2. The maximum atomic E-state index is 13.4. The lowest BCUT2D eigenvalue weighted by Gasteiger charge is -2.29. The Kier molecular flexibility index (Phi) is 7.95. The molecular weight excluding hydrogens is 446 g/mol. The second-order valence-electron chi connectivity index (χ2n) is 7.58. The molecule has 1 saturated heterocycles. The van der Waals surface area contributed by atoms with Crippen LogP contribution >= 0.6 is 0 Å². The van der Waals surface area contributed by atoms with Crippen LogP contribution in [-0.4, -0.2) is 64.1 Å². The number of benzene rings is 1. The summed E-state index contributed by atoms with van der Waals surface area (Å²) in [5, 5.41) is 2.89. The topological polar surface area (TPSA) is 161 Å². The van der Waals surface area contributed by atoms with E-state index in [1.54, 1.807) is 0 Å². The summed E-state index contributed by atoms with van der Waals surface area (Å²) >= 11 is 0. The van der Waals surface area contributed by atoms with Crippen molar-refractivity contribution in [3.8, 4) is 0 Å². The molecule has 0 radical (unpaired) electrons. The summed E-state index contributed by atoms with van der Waals surface area (Å²) in [7, 11) is -8.00. The van der Waals surface area contributed by atoms with Crippen molar-refractivity contribution >= 4 is 37.5 Å². The summed E-state index contributed by atoms with van der Waals surface area (Å²) in [4.78, 5) is 36.5. The lowest BCUT2D eigenvalue weighted by atomic mass is 10.0. The summed E-state index contributed by atoms with van der Waals surface area (Å²) < 4.78 is 50.6. The highest BCUT2D eigenvalue weighted by molar-refractivity contribution is 7.91. The van der Waals surface area contributed by atoms with Crippen LogP contribution in [0.15, 0.2) is 34.1 Å². The highest BCUT2D eigenvalue weighted by Crippen LogP contribution is 2.25. The zero-order chi connectivity index (χ0) is 23.4. The van der Waals surface area contributed by atoms with Gasteiger partial charge in [-0.1, -0.05) is 6.92 Å². The van der Waals surface area contributed by atoms with Gasteiger partial charge in [0.25, 0.3) is 10.0 Å². The van der Waals surface area contributed by atoms with Gasteiger partial charge in [0.15, 0.2) is 15.6 Å². The monoisotopic (exact) mass is 473 g/mol. The molecular formula is C19H27N3O7S2. The maximum absolute atomic E-state index is 13.4. The Morgan fingerprint density at radius 3 is 2.29 bits per heavy atom. The van der Waals surface area contributed by atoms with E-state index in [0.29, 0.717) is 17.3 Å². The Balaban J connectivity index is 2.45. The van der Waals surface area contributed by atoms with E-state index in [0.717, 1.165) is 30.5 Å². The first-order chi connectivity index (χ1) is 14.4. The smallest absolute Gasteiger partial charge is 0.267 e. The summed E-state index contributed by atoms with van der Waals surface area (Å²) in [6.07, 6.45) is 1.38. The molecule has 2 rings (SSSR count). The number of hydrogen-bond donors (Lipinski definition) is 2. The van der Waals surface area contributed by atoms with Crippen LogP contribution in [0.25, 0.3) is 0 Å². The average Bonchev–Trinajstić information content (AvgIpc) is 2.90. The largest absolute Gasteiger partial charge is 0.369 e. The van der Waals surface area contributed by atoms with Crippen LogP contribution in [0.5, 0.6) is 0 Å². The Morgan fingerprint density at radius 1 is 1.16 bits per heavy atom. The van der Waals surface area contributed by atoms with Crippen molar-refractivity contribution in [1.29, 1.82) is 0 Å². The van der Waals surface area contributed by atoms with E-state index in [-0.39, 0.29) is 35.6 Å². The van der Waals surface area contributed by atoms with Gasteiger partial charge in [-0.15, -0.1) is 0 Å². The fraction of sp³-hybridized carbons (Fsp3) is 0.526. The van der Waals surface area contributed by atoms with Gasteiger partial charge in [0.2, 0.25) is 11.8 Å². The van der Waals surface area contributed by atoms with Crippen LogP contribution in [0, 0.1) is 5.92 Å². The Morgan fingerprint density at radius 2 is 1.74 bits per heavy atom. The minimum absolute atomic E-state index is 0.0341. The van der Waals surface area contributed by atoms with Gasteiger partial charge >= 0.3 is 0 Å². The van der Waals surface area contributed by atoms with Crippen LogP contribution < -0.4 is 11.1 Å². The molecule has 1 aromatic rings. The Labute approximate surface area is 182 Å². The molecule has 1 aromatic carbocycles. The number of nitrogens with zero attached hydrogens (tertiary/aromatic N) is 1. The summed E-state index contributed by atoms with van der Waals surface area (Å²) in [6, 6.07) is 3.27. The third-order valence-electron chi connectivity index (χ3n) is 5.12. The molecule has 3 N–H and O–H groups in total. The number of carbonyl (C=O) groups excluding carboxylic acids is 3. The van der Waals surface area contributed by atoms with Gasteiger partial charge < -0.3 is 11.1 Å². The quantitative estimate of drug-likeness (QED) is 0.526. The number of primary amides is 1. The number of amides is 2. The van der Waals surface area contributed by atoms with Crippen molar-refractivity contribution < 1.29 is 31.2 Å². The number of ketones is 1. The van der Waals surface area contributed by atoms with Gasteiger partial charge in [-0.2, -0.15) is 0 Å². The minimum atomic E-state index is -4.46. The first-order valence-electron chi connectivity index (χ1n) is 9.76. The molecule has 172 valence electrons. The van der Waals surface area contributed by atoms with Gasteiger partial charge in [-0.05, 0) is 50.1 Å². The predicted molar refractivity (Wildman–Crippen MR) is 112 cm³/mol. The Hall–Kier alpha value is -2.31. The Bertz CT molecular complexity index is 1050. The molecule has 0 saturated carbocycles. The molecule has 1 fully saturated rings. The van der Waals surface area contributed by atoms with Gasteiger partial charge in [0.1, 0.15) is 6.04 Å². The predicted octanol–water partition coefficient (Wildman–Crippen LogP) is -0.170. The molecule has 0 aromatic heterocycles. The third-order valence-corrected chi connectivity index (χ3v) is 8.09. The van der Waals surface area contributed by atoms with Crippen LogP contribution in [0.2, 0.25) is 0 Å². The number of Topliss-reactive ketones (excluding diaryl/α,β-unsaturated/α-hetero) is 1. The van der Waals surface area contributed by atoms with Gasteiger partial charge in [-0.25, -0.2) is 21.1 Å². The average molecular weight is 474 g/mol. The second kappa shape index (κ2) is 9.88. The molecule has 1 aliphatic heterocycles. The molecule has 10 nitrogen and oxygen atoms in total. The van der Waals surface area contributed by atoms with Crippen molar-refractivity contribution in [2.24, 2.45) is 11.7 Å². The van der Waals surface area contributed by atoms with Crippen molar-refractivity contribution in [1.82, 2.24) is 9.62 Å². The number of nitrogens with two attached hydrogens (primary N) is 1.